The summed E-state index contributed by atoms with van der Waals surface area (Å²) < 4.78 is 23.4. The van der Waals surface area contributed by atoms with E-state index in [1.54, 1.807) is 11.3 Å². The van der Waals surface area contributed by atoms with E-state index in [4.69, 9.17) is 0 Å². The Balaban J connectivity index is 2.03. The summed E-state index contributed by atoms with van der Waals surface area (Å²) in [4.78, 5) is 10.1. The van der Waals surface area contributed by atoms with E-state index < -0.39 is 14.6 Å². The lowest BCUT2D eigenvalue weighted by atomic mass is 10.2. The number of nitrogens with zero attached hydrogens (tertiary/aromatic N) is 3. The van der Waals surface area contributed by atoms with Crippen molar-refractivity contribution in [3.05, 3.63) is 11.1 Å². The zero-order valence-electron chi connectivity index (χ0n) is 13.3. The van der Waals surface area contributed by atoms with Crippen LogP contribution in [-0.2, 0) is 16.4 Å². The molecule has 0 aliphatic carbocycles. The van der Waals surface area contributed by atoms with Crippen LogP contribution in [0, 0.1) is 0 Å². The molecule has 0 amide bonds. The van der Waals surface area contributed by atoms with E-state index in [2.05, 4.69) is 28.6 Å². The molecule has 0 aromatic carbocycles. The van der Waals surface area contributed by atoms with Crippen molar-refractivity contribution in [3.8, 4) is 0 Å². The van der Waals surface area contributed by atoms with E-state index in [9.17, 15) is 8.42 Å². The standard InChI is InChI=1S/C14H25N3O2S2/c1-5-17(6-2)13-15-9-12(20-13)10-16-7-8-21(18,19)14(3,4)11-16/h9H,5-8,10-11H2,1-4H3. The minimum absolute atomic E-state index is 0.252. The minimum Gasteiger partial charge on any atom is -0.349 e. The van der Waals surface area contributed by atoms with Crippen molar-refractivity contribution in [2.75, 3.05) is 36.8 Å². The van der Waals surface area contributed by atoms with Gasteiger partial charge in [0.1, 0.15) is 0 Å². The molecular formula is C14H25N3O2S2. The van der Waals surface area contributed by atoms with Gasteiger partial charge in [-0.05, 0) is 27.7 Å². The second-order valence-electron chi connectivity index (χ2n) is 6.07. The Hall–Kier alpha value is -0.660. The van der Waals surface area contributed by atoms with Crippen molar-refractivity contribution in [1.82, 2.24) is 9.88 Å². The molecule has 0 unspecified atom stereocenters. The molecule has 1 saturated heterocycles. The Bertz CT molecular complexity index is 577. The Kier molecular flexibility index (Phi) is 4.95. The summed E-state index contributed by atoms with van der Waals surface area (Å²) >= 11 is 1.71. The molecule has 2 rings (SSSR count). The number of hydrogen-bond acceptors (Lipinski definition) is 6. The van der Waals surface area contributed by atoms with Crippen LogP contribution in [0.4, 0.5) is 5.13 Å². The fourth-order valence-corrected chi connectivity index (χ4v) is 5.12. The number of anilines is 1. The summed E-state index contributed by atoms with van der Waals surface area (Å²) in [6.45, 7) is 11.8. The van der Waals surface area contributed by atoms with Crippen LogP contribution in [0.25, 0.3) is 0 Å². The molecule has 1 fully saturated rings. The molecule has 5 nitrogen and oxygen atoms in total. The zero-order valence-corrected chi connectivity index (χ0v) is 14.9. The van der Waals surface area contributed by atoms with Crippen molar-refractivity contribution >= 4 is 26.3 Å². The monoisotopic (exact) mass is 331 g/mol. The lowest BCUT2D eigenvalue weighted by Crippen LogP contribution is -2.52. The highest BCUT2D eigenvalue weighted by Crippen LogP contribution is 2.27. The van der Waals surface area contributed by atoms with Gasteiger partial charge in [0, 0.05) is 43.8 Å². The average Bonchev–Trinajstić information content (AvgIpc) is 2.84. The number of hydrogen-bond donors (Lipinski definition) is 0. The van der Waals surface area contributed by atoms with Crippen LogP contribution in [0.2, 0.25) is 0 Å². The number of sulfone groups is 1. The Morgan fingerprint density at radius 2 is 2.05 bits per heavy atom. The molecule has 120 valence electrons. The molecule has 7 heteroatoms. The SMILES string of the molecule is CCN(CC)c1ncc(CN2CCS(=O)(=O)C(C)(C)C2)s1. The van der Waals surface area contributed by atoms with Gasteiger partial charge in [0.15, 0.2) is 15.0 Å². The van der Waals surface area contributed by atoms with Crippen molar-refractivity contribution in [3.63, 3.8) is 0 Å². The summed E-state index contributed by atoms with van der Waals surface area (Å²) in [5.41, 5.74) is 0. The van der Waals surface area contributed by atoms with Crippen molar-refractivity contribution in [1.29, 1.82) is 0 Å². The van der Waals surface area contributed by atoms with Gasteiger partial charge in [-0.25, -0.2) is 13.4 Å². The summed E-state index contributed by atoms with van der Waals surface area (Å²) in [6.07, 6.45) is 1.93. The van der Waals surface area contributed by atoms with Gasteiger partial charge in [-0.2, -0.15) is 0 Å². The molecule has 1 aliphatic rings. The number of thiazole rings is 1. The Labute approximate surface area is 131 Å². The highest BCUT2D eigenvalue weighted by Gasteiger charge is 2.39. The van der Waals surface area contributed by atoms with E-state index in [0.717, 1.165) is 24.8 Å². The highest BCUT2D eigenvalue weighted by molar-refractivity contribution is 7.92. The van der Waals surface area contributed by atoms with Crippen LogP contribution in [-0.4, -0.2) is 55.0 Å². The van der Waals surface area contributed by atoms with Gasteiger partial charge in [0.05, 0.1) is 10.5 Å². The third-order valence-electron chi connectivity index (χ3n) is 4.08. The van der Waals surface area contributed by atoms with Gasteiger partial charge in [0.2, 0.25) is 0 Å². The van der Waals surface area contributed by atoms with E-state index in [-0.39, 0.29) is 5.75 Å². The van der Waals surface area contributed by atoms with Crippen LogP contribution >= 0.6 is 11.3 Å². The molecule has 1 aromatic rings. The fourth-order valence-electron chi connectivity index (χ4n) is 2.61. The molecule has 0 N–H and O–H groups in total. The van der Waals surface area contributed by atoms with Crippen LogP contribution in [0.15, 0.2) is 6.20 Å². The summed E-state index contributed by atoms with van der Waals surface area (Å²) in [5.74, 6) is 0.252. The first-order chi connectivity index (χ1) is 9.79. The van der Waals surface area contributed by atoms with Gasteiger partial charge in [0.25, 0.3) is 0 Å². The van der Waals surface area contributed by atoms with Gasteiger partial charge in [-0.15, -0.1) is 11.3 Å². The number of rotatable bonds is 5. The molecule has 0 atom stereocenters. The molecular weight excluding hydrogens is 306 g/mol. The minimum atomic E-state index is -2.96. The van der Waals surface area contributed by atoms with Crippen LogP contribution in [0.3, 0.4) is 0 Å². The molecule has 0 bridgehead atoms. The largest absolute Gasteiger partial charge is 0.349 e. The first-order valence-corrected chi connectivity index (χ1v) is 9.90. The normalized spacial score (nSPS) is 21.3. The maximum absolute atomic E-state index is 12.0. The van der Waals surface area contributed by atoms with Crippen LogP contribution < -0.4 is 4.90 Å². The quantitative estimate of drug-likeness (QED) is 0.826. The third-order valence-corrected chi connectivity index (χ3v) is 7.65. The summed E-state index contributed by atoms with van der Waals surface area (Å²) in [6, 6.07) is 0. The third kappa shape index (κ3) is 3.57. The van der Waals surface area contributed by atoms with Gasteiger partial charge >= 0.3 is 0 Å². The predicted molar refractivity (Wildman–Crippen MR) is 88.8 cm³/mol. The predicted octanol–water partition coefficient (Wildman–Crippen LogP) is 2.00. The first kappa shape index (κ1) is 16.7. The van der Waals surface area contributed by atoms with Crippen molar-refractivity contribution in [2.24, 2.45) is 0 Å². The molecule has 1 aromatic heterocycles. The highest BCUT2D eigenvalue weighted by atomic mass is 32.2. The zero-order chi connectivity index (χ0) is 15.7. The van der Waals surface area contributed by atoms with E-state index in [0.29, 0.717) is 13.1 Å². The van der Waals surface area contributed by atoms with Crippen LogP contribution in [0.5, 0.6) is 0 Å². The molecule has 1 aliphatic heterocycles. The summed E-state index contributed by atoms with van der Waals surface area (Å²) in [7, 11) is -2.96. The second kappa shape index (κ2) is 6.22. The van der Waals surface area contributed by atoms with Gasteiger partial charge in [-0.1, -0.05) is 0 Å². The molecule has 2 heterocycles. The Morgan fingerprint density at radius 1 is 1.38 bits per heavy atom. The van der Waals surface area contributed by atoms with E-state index in [1.807, 2.05) is 20.0 Å². The molecule has 21 heavy (non-hydrogen) atoms. The smallest absolute Gasteiger partial charge is 0.185 e. The Morgan fingerprint density at radius 3 is 2.62 bits per heavy atom. The average molecular weight is 332 g/mol. The number of aromatic nitrogens is 1. The van der Waals surface area contributed by atoms with E-state index >= 15 is 0 Å². The van der Waals surface area contributed by atoms with Gasteiger partial charge < -0.3 is 4.90 Å². The lowest BCUT2D eigenvalue weighted by molar-refractivity contribution is 0.243. The summed E-state index contributed by atoms with van der Waals surface area (Å²) in [5, 5.41) is 1.05. The van der Waals surface area contributed by atoms with Crippen molar-refractivity contribution in [2.45, 2.75) is 39.0 Å². The second-order valence-corrected chi connectivity index (χ2v) is 9.91. The molecule has 0 spiro atoms. The molecule has 0 radical (unpaired) electrons. The maximum atomic E-state index is 12.0. The lowest BCUT2D eigenvalue weighted by Gasteiger charge is -2.37. The van der Waals surface area contributed by atoms with Gasteiger partial charge in [-0.3, -0.25) is 4.90 Å². The molecule has 0 saturated carbocycles. The topological polar surface area (TPSA) is 53.5 Å². The fraction of sp³-hybridized carbons (Fsp3) is 0.786. The van der Waals surface area contributed by atoms with E-state index in [1.165, 1.54) is 4.88 Å². The first-order valence-electron chi connectivity index (χ1n) is 7.43. The van der Waals surface area contributed by atoms with Crippen LogP contribution in [0.1, 0.15) is 32.6 Å². The maximum Gasteiger partial charge on any atom is 0.185 e. The van der Waals surface area contributed by atoms with Crippen molar-refractivity contribution < 1.29 is 8.42 Å².